The second kappa shape index (κ2) is 7.81. The Labute approximate surface area is 172 Å². The predicted molar refractivity (Wildman–Crippen MR) is 111 cm³/mol. The molecule has 0 bridgehead atoms. The van der Waals surface area contributed by atoms with E-state index < -0.39 is 24.3 Å². The molecule has 9 heteroatoms. The first-order valence-corrected chi connectivity index (χ1v) is 9.30. The van der Waals surface area contributed by atoms with Gasteiger partial charge in [-0.2, -0.15) is 8.78 Å². The summed E-state index contributed by atoms with van der Waals surface area (Å²) in [5, 5.41) is 12.3. The number of amides is 1. The fourth-order valence-electron chi connectivity index (χ4n) is 3.38. The molecule has 1 amide bonds. The second-order valence-electron chi connectivity index (χ2n) is 7.34. The van der Waals surface area contributed by atoms with Crippen molar-refractivity contribution in [1.82, 2.24) is 0 Å². The number of nitrogens with zero attached hydrogens (tertiary/aromatic N) is 2. The topological polar surface area (TPSA) is 82.1 Å². The molecule has 2 N–H and O–H groups in total. The molecule has 0 saturated heterocycles. The van der Waals surface area contributed by atoms with Gasteiger partial charge in [-0.3, -0.25) is 4.79 Å². The number of halogens is 2. The average Bonchev–Trinajstić information content (AvgIpc) is 2.77. The summed E-state index contributed by atoms with van der Waals surface area (Å²) in [4.78, 5) is 25.8. The third-order valence-corrected chi connectivity index (χ3v) is 4.98. The zero-order chi connectivity index (χ0) is 22.2. The van der Waals surface area contributed by atoms with Gasteiger partial charge < -0.3 is 25.0 Å². The number of carboxylic acid groups (broad SMARTS) is 1. The van der Waals surface area contributed by atoms with E-state index >= 15 is 0 Å². The Kier molecular flexibility index (Phi) is 5.56. The van der Waals surface area contributed by atoms with Crippen LogP contribution in [0.1, 0.15) is 24.2 Å². The summed E-state index contributed by atoms with van der Waals surface area (Å²) < 4.78 is 34.1. The van der Waals surface area contributed by atoms with E-state index in [1.54, 1.807) is 38.1 Å². The molecule has 0 saturated carbocycles. The number of fused-ring (bicyclic) bond motifs is 1. The Morgan fingerprint density at radius 3 is 2.50 bits per heavy atom. The molecule has 30 heavy (non-hydrogen) atoms. The van der Waals surface area contributed by atoms with Crippen LogP contribution in [-0.4, -0.2) is 49.6 Å². The normalized spacial score (nSPS) is 15.6. The van der Waals surface area contributed by atoms with E-state index in [1.165, 1.54) is 31.2 Å². The number of alkyl halides is 2. The number of benzene rings is 2. The highest BCUT2D eigenvalue weighted by Gasteiger charge is 2.47. The molecule has 1 aliphatic rings. The predicted octanol–water partition coefficient (Wildman–Crippen LogP) is 3.96. The number of aromatic carboxylic acids is 1. The molecule has 160 valence electrons. The summed E-state index contributed by atoms with van der Waals surface area (Å²) in [5.74, 6) is -5.52. The molecule has 2 aromatic carbocycles. The van der Waals surface area contributed by atoms with Gasteiger partial charge in [-0.15, -0.1) is 0 Å². The van der Waals surface area contributed by atoms with Gasteiger partial charge in [0.05, 0.1) is 36.3 Å². The van der Waals surface area contributed by atoms with E-state index in [9.17, 15) is 18.4 Å². The van der Waals surface area contributed by atoms with E-state index in [4.69, 9.17) is 9.84 Å². The molecule has 3 rings (SSSR count). The summed E-state index contributed by atoms with van der Waals surface area (Å²) in [6, 6.07) is 9.07. The van der Waals surface area contributed by atoms with E-state index in [0.29, 0.717) is 28.5 Å². The fourth-order valence-corrected chi connectivity index (χ4v) is 3.38. The third-order valence-electron chi connectivity index (χ3n) is 4.98. The number of methoxy groups -OCH3 is 1. The lowest BCUT2D eigenvalue weighted by atomic mass is 10.1. The van der Waals surface area contributed by atoms with Crippen LogP contribution in [0.25, 0.3) is 0 Å². The van der Waals surface area contributed by atoms with Crippen LogP contribution in [0.4, 0.5) is 31.5 Å². The quantitative estimate of drug-likeness (QED) is 0.764. The lowest BCUT2D eigenvalue weighted by molar-refractivity contribution is -0.140. The molecule has 0 aromatic heterocycles. The molecule has 0 aliphatic carbocycles. The Bertz CT molecular complexity index is 994. The number of nitrogens with one attached hydrogen (secondary N) is 1. The molecular formula is C21H23F2N3O4. The van der Waals surface area contributed by atoms with Crippen molar-refractivity contribution in [2.24, 2.45) is 0 Å². The lowest BCUT2D eigenvalue weighted by Gasteiger charge is -2.30. The zero-order valence-corrected chi connectivity index (χ0v) is 17.1. The second-order valence-corrected chi connectivity index (χ2v) is 7.34. The van der Waals surface area contributed by atoms with Crippen molar-refractivity contribution in [1.29, 1.82) is 0 Å². The molecule has 0 unspecified atom stereocenters. The van der Waals surface area contributed by atoms with Gasteiger partial charge in [0.1, 0.15) is 5.75 Å². The zero-order valence-electron chi connectivity index (χ0n) is 17.1. The van der Waals surface area contributed by atoms with Gasteiger partial charge in [0.2, 0.25) is 0 Å². The van der Waals surface area contributed by atoms with Crippen molar-refractivity contribution < 1.29 is 28.2 Å². The first-order valence-electron chi connectivity index (χ1n) is 9.30. The maximum atomic E-state index is 14.4. The van der Waals surface area contributed by atoms with Gasteiger partial charge >= 0.3 is 11.9 Å². The summed E-state index contributed by atoms with van der Waals surface area (Å²) in [6.07, 6.45) is 0. The molecule has 0 spiro atoms. The number of rotatable bonds is 5. The first-order chi connectivity index (χ1) is 14.0. The van der Waals surface area contributed by atoms with E-state index in [1.807, 2.05) is 0 Å². The Morgan fingerprint density at radius 1 is 1.20 bits per heavy atom. The monoisotopic (exact) mass is 419 g/mol. The van der Waals surface area contributed by atoms with Crippen LogP contribution in [0.2, 0.25) is 0 Å². The van der Waals surface area contributed by atoms with E-state index in [-0.39, 0.29) is 11.6 Å². The maximum absolute atomic E-state index is 14.4. The summed E-state index contributed by atoms with van der Waals surface area (Å²) in [5.41, 5.74) is 2.04. The van der Waals surface area contributed by atoms with Crippen LogP contribution in [-0.2, 0) is 4.79 Å². The van der Waals surface area contributed by atoms with Crippen molar-refractivity contribution in [3.63, 3.8) is 0 Å². The van der Waals surface area contributed by atoms with Gasteiger partial charge in [-0.25, -0.2) is 4.79 Å². The highest BCUT2D eigenvalue weighted by Crippen LogP contribution is 2.40. The third kappa shape index (κ3) is 3.87. The van der Waals surface area contributed by atoms with Crippen molar-refractivity contribution in [3.8, 4) is 5.75 Å². The van der Waals surface area contributed by atoms with Gasteiger partial charge in [0.15, 0.2) is 0 Å². The number of ether oxygens (including phenoxy) is 1. The first kappa shape index (κ1) is 21.4. The highest BCUT2D eigenvalue weighted by molar-refractivity contribution is 6.03. The van der Waals surface area contributed by atoms with E-state index in [0.717, 1.165) is 4.90 Å². The van der Waals surface area contributed by atoms with Crippen molar-refractivity contribution in [2.75, 3.05) is 35.8 Å². The van der Waals surface area contributed by atoms with Crippen LogP contribution in [0.5, 0.6) is 5.75 Å². The smallest absolute Gasteiger partial charge is 0.342 e. The number of carbonyl (C=O) groups is 2. The van der Waals surface area contributed by atoms with Gasteiger partial charge in [-0.05, 0) is 50.2 Å². The minimum Gasteiger partial charge on any atom is -0.495 e. The number of hydrogen-bond donors (Lipinski definition) is 2. The van der Waals surface area contributed by atoms with Crippen molar-refractivity contribution in [3.05, 3.63) is 42.0 Å². The molecule has 0 fully saturated rings. The van der Waals surface area contributed by atoms with Crippen LogP contribution in [0.3, 0.4) is 0 Å². The number of hydrogen-bond acceptors (Lipinski definition) is 5. The van der Waals surface area contributed by atoms with Crippen LogP contribution in [0, 0.1) is 0 Å². The fraction of sp³-hybridized carbons (Fsp3) is 0.333. The van der Waals surface area contributed by atoms with Crippen molar-refractivity contribution >= 4 is 34.6 Å². The van der Waals surface area contributed by atoms with Crippen LogP contribution >= 0.6 is 0 Å². The minimum absolute atomic E-state index is 0.0766. The Hall–Kier alpha value is -3.36. The van der Waals surface area contributed by atoms with Gasteiger partial charge in [0, 0.05) is 18.8 Å². The largest absolute Gasteiger partial charge is 0.495 e. The Morgan fingerprint density at radius 2 is 1.90 bits per heavy atom. The van der Waals surface area contributed by atoms with Crippen molar-refractivity contribution in [2.45, 2.75) is 25.8 Å². The molecule has 7 nitrogen and oxygen atoms in total. The number of carboxylic acids is 1. The molecule has 1 heterocycles. The van der Waals surface area contributed by atoms with Gasteiger partial charge in [0.25, 0.3) is 5.91 Å². The minimum atomic E-state index is -3.51. The van der Waals surface area contributed by atoms with Gasteiger partial charge in [-0.1, -0.05) is 0 Å². The van der Waals surface area contributed by atoms with E-state index in [2.05, 4.69) is 5.32 Å². The summed E-state index contributed by atoms with van der Waals surface area (Å²) in [6.45, 7) is 2.84. The standard InChI is InChI=1S/C21H23F2N3O4/c1-12(2)26-11-21(22,23)20(29)25(3)16-8-6-14(10-17(16)26)24-15-7-5-13(19(27)28)9-18(15)30-4/h5-10,12,24H,11H2,1-4H3,(H,27,28). The highest BCUT2D eigenvalue weighted by atomic mass is 19.3. The molecule has 0 atom stereocenters. The summed E-state index contributed by atoms with van der Waals surface area (Å²) in [7, 11) is 2.76. The summed E-state index contributed by atoms with van der Waals surface area (Å²) >= 11 is 0. The molecular weight excluding hydrogens is 396 g/mol. The SMILES string of the molecule is COc1cc(C(=O)O)ccc1Nc1ccc2c(c1)N(C(C)C)CC(F)(F)C(=O)N2C. The lowest BCUT2D eigenvalue weighted by Crippen LogP contribution is -2.47. The number of anilines is 4. The molecule has 1 aliphatic heterocycles. The van der Waals surface area contributed by atoms with Crippen LogP contribution < -0.4 is 19.9 Å². The number of carbonyl (C=O) groups excluding carboxylic acids is 1. The molecule has 2 aromatic rings. The average molecular weight is 419 g/mol. The Balaban J connectivity index is 2.03. The maximum Gasteiger partial charge on any atom is 0.342 e. The molecule has 0 radical (unpaired) electrons. The van der Waals surface area contributed by atoms with Crippen LogP contribution in [0.15, 0.2) is 36.4 Å².